The molecule has 66 valence electrons. The Balaban J connectivity index is 2.53. The van der Waals surface area contributed by atoms with E-state index in [1.54, 1.807) is 11.8 Å². The molecular formula is C10H15NS. The predicted molar refractivity (Wildman–Crippen MR) is 57.0 cm³/mol. The molecule has 0 saturated heterocycles. The van der Waals surface area contributed by atoms with E-state index in [0.29, 0.717) is 0 Å². The molecule has 0 unspecified atom stereocenters. The highest BCUT2D eigenvalue weighted by Crippen LogP contribution is 2.17. The molecule has 0 aromatic heterocycles. The fraction of sp³-hybridized carbons (Fsp3) is 0.400. The molecule has 0 amide bonds. The van der Waals surface area contributed by atoms with Gasteiger partial charge in [-0.15, -0.1) is 11.8 Å². The van der Waals surface area contributed by atoms with E-state index in [2.05, 4.69) is 42.8 Å². The molecule has 2 heteroatoms. The lowest BCUT2D eigenvalue weighted by atomic mass is 10.3. The van der Waals surface area contributed by atoms with Crippen molar-refractivity contribution in [2.75, 3.05) is 18.1 Å². The quantitative estimate of drug-likeness (QED) is 0.716. The number of hydrogen-bond donors (Lipinski definition) is 1. The van der Waals surface area contributed by atoms with E-state index in [1.807, 2.05) is 0 Å². The molecule has 1 rings (SSSR count). The minimum absolute atomic E-state index is 1.05. The van der Waals surface area contributed by atoms with Gasteiger partial charge in [-0.1, -0.05) is 6.92 Å². The van der Waals surface area contributed by atoms with E-state index in [-0.39, 0.29) is 0 Å². The van der Waals surface area contributed by atoms with E-state index in [4.69, 9.17) is 0 Å². The zero-order valence-electron chi connectivity index (χ0n) is 7.63. The van der Waals surface area contributed by atoms with Gasteiger partial charge in [0.1, 0.15) is 0 Å². The Hall–Kier alpha value is -0.630. The molecule has 0 heterocycles. The maximum Gasteiger partial charge on any atom is 0.0340 e. The summed E-state index contributed by atoms with van der Waals surface area (Å²) in [6, 6.07) is 8.54. The van der Waals surface area contributed by atoms with Crippen molar-refractivity contribution in [2.24, 2.45) is 0 Å². The lowest BCUT2D eigenvalue weighted by Crippen LogP contribution is -1.98. The van der Waals surface area contributed by atoms with Crippen LogP contribution in [-0.4, -0.2) is 12.8 Å². The van der Waals surface area contributed by atoms with Crippen molar-refractivity contribution < 1.29 is 0 Å². The number of thioether (sulfide) groups is 1. The van der Waals surface area contributed by atoms with E-state index in [0.717, 1.165) is 6.54 Å². The van der Waals surface area contributed by atoms with Crippen LogP contribution in [0.2, 0.25) is 0 Å². The topological polar surface area (TPSA) is 12.0 Å². The van der Waals surface area contributed by atoms with Crippen LogP contribution in [0.3, 0.4) is 0 Å². The van der Waals surface area contributed by atoms with Gasteiger partial charge in [-0.05, 0) is 36.9 Å². The van der Waals surface area contributed by atoms with Crippen molar-refractivity contribution in [1.82, 2.24) is 0 Å². The van der Waals surface area contributed by atoms with Gasteiger partial charge in [-0.25, -0.2) is 0 Å². The van der Waals surface area contributed by atoms with E-state index >= 15 is 0 Å². The van der Waals surface area contributed by atoms with Crippen molar-refractivity contribution in [1.29, 1.82) is 0 Å². The van der Waals surface area contributed by atoms with Crippen LogP contribution in [0.15, 0.2) is 29.2 Å². The third-order valence-corrected chi connectivity index (χ3v) is 2.41. The average molecular weight is 181 g/mol. The largest absolute Gasteiger partial charge is 0.385 e. The first-order valence-electron chi connectivity index (χ1n) is 4.24. The zero-order chi connectivity index (χ0) is 8.81. The number of anilines is 1. The number of nitrogens with one attached hydrogen (secondary N) is 1. The maximum absolute atomic E-state index is 3.34. The lowest BCUT2D eigenvalue weighted by Gasteiger charge is -2.04. The fourth-order valence-electron chi connectivity index (χ4n) is 0.978. The summed E-state index contributed by atoms with van der Waals surface area (Å²) in [6.07, 6.45) is 3.26. The molecule has 12 heavy (non-hydrogen) atoms. The Labute approximate surface area is 78.6 Å². The van der Waals surface area contributed by atoms with Gasteiger partial charge in [0.05, 0.1) is 0 Å². The van der Waals surface area contributed by atoms with Gasteiger partial charge >= 0.3 is 0 Å². The number of rotatable bonds is 4. The monoisotopic (exact) mass is 181 g/mol. The molecular weight excluding hydrogens is 166 g/mol. The smallest absolute Gasteiger partial charge is 0.0340 e. The van der Waals surface area contributed by atoms with Crippen LogP contribution in [0.25, 0.3) is 0 Å². The van der Waals surface area contributed by atoms with E-state index < -0.39 is 0 Å². The molecule has 1 aromatic carbocycles. The SMILES string of the molecule is CCCNc1ccc(SC)cc1. The van der Waals surface area contributed by atoms with Crippen LogP contribution in [0, 0.1) is 0 Å². The molecule has 0 aliphatic carbocycles. The molecule has 0 fully saturated rings. The molecule has 1 aromatic rings. The summed E-state index contributed by atoms with van der Waals surface area (Å²) in [5.41, 5.74) is 1.22. The van der Waals surface area contributed by atoms with Gasteiger partial charge in [0.15, 0.2) is 0 Å². The molecule has 1 nitrogen and oxygen atoms in total. The highest BCUT2D eigenvalue weighted by atomic mass is 32.2. The van der Waals surface area contributed by atoms with Gasteiger partial charge in [0.2, 0.25) is 0 Å². The lowest BCUT2D eigenvalue weighted by molar-refractivity contribution is 0.979. The first-order chi connectivity index (χ1) is 5.86. The summed E-state index contributed by atoms with van der Waals surface area (Å²) in [6.45, 7) is 3.22. The Bertz CT molecular complexity index is 218. The Morgan fingerprint density at radius 2 is 1.92 bits per heavy atom. The second-order valence-corrected chi connectivity index (χ2v) is 3.53. The van der Waals surface area contributed by atoms with Gasteiger partial charge in [0.25, 0.3) is 0 Å². The van der Waals surface area contributed by atoms with Crippen LogP contribution < -0.4 is 5.32 Å². The first kappa shape index (κ1) is 9.46. The third-order valence-electron chi connectivity index (χ3n) is 1.67. The van der Waals surface area contributed by atoms with Crippen molar-refractivity contribution in [3.8, 4) is 0 Å². The summed E-state index contributed by atoms with van der Waals surface area (Å²) in [4.78, 5) is 1.32. The Kier molecular flexibility index (Phi) is 4.01. The number of hydrogen-bond acceptors (Lipinski definition) is 2. The summed E-state index contributed by atoms with van der Waals surface area (Å²) < 4.78 is 0. The van der Waals surface area contributed by atoms with Gasteiger partial charge in [-0.2, -0.15) is 0 Å². The normalized spacial score (nSPS) is 9.83. The second kappa shape index (κ2) is 5.09. The van der Waals surface area contributed by atoms with Crippen LogP contribution in [0.1, 0.15) is 13.3 Å². The molecule has 0 aliphatic heterocycles. The standard InChI is InChI=1S/C10H15NS/c1-3-8-11-9-4-6-10(12-2)7-5-9/h4-7,11H,3,8H2,1-2H3. The Morgan fingerprint density at radius 1 is 1.25 bits per heavy atom. The summed E-state index contributed by atoms with van der Waals surface area (Å²) >= 11 is 1.77. The predicted octanol–water partition coefficient (Wildman–Crippen LogP) is 3.23. The van der Waals surface area contributed by atoms with Gasteiger partial charge in [0, 0.05) is 17.1 Å². The van der Waals surface area contributed by atoms with Crippen molar-refractivity contribution in [3.63, 3.8) is 0 Å². The second-order valence-electron chi connectivity index (χ2n) is 2.66. The zero-order valence-corrected chi connectivity index (χ0v) is 8.45. The van der Waals surface area contributed by atoms with Crippen LogP contribution in [0.4, 0.5) is 5.69 Å². The minimum Gasteiger partial charge on any atom is -0.385 e. The summed E-state index contributed by atoms with van der Waals surface area (Å²) in [7, 11) is 0. The highest BCUT2D eigenvalue weighted by Gasteiger charge is 1.90. The number of benzene rings is 1. The third kappa shape index (κ3) is 2.78. The summed E-state index contributed by atoms with van der Waals surface area (Å²) in [5.74, 6) is 0. The molecule has 0 radical (unpaired) electrons. The molecule has 1 N–H and O–H groups in total. The molecule has 0 bridgehead atoms. The molecule has 0 atom stereocenters. The maximum atomic E-state index is 3.34. The summed E-state index contributed by atoms with van der Waals surface area (Å²) in [5, 5.41) is 3.34. The van der Waals surface area contributed by atoms with Gasteiger partial charge in [-0.3, -0.25) is 0 Å². The van der Waals surface area contributed by atoms with Gasteiger partial charge < -0.3 is 5.32 Å². The minimum atomic E-state index is 1.05. The van der Waals surface area contributed by atoms with Crippen molar-refractivity contribution in [2.45, 2.75) is 18.2 Å². The highest BCUT2D eigenvalue weighted by molar-refractivity contribution is 7.98. The van der Waals surface area contributed by atoms with Crippen molar-refractivity contribution >= 4 is 17.4 Å². The molecule has 0 spiro atoms. The van der Waals surface area contributed by atoms with Crippen LogP contribution in [-0.2, 0) is 0 Å². The van der Waals surface area contributed by atoms with Crippen molar-refractivity contribution in [3.05, 3.63) is 24.3 Å². The Morgan fingerprint density at radius 3 is 2.42 bits per heavy atom. The van der Waals surface area contributed by atoms with E-state index in [9.17, 15) is 0 Å². The van der Waals surface area contributed by atoms with E-state index in [1.165, 1.54) is 17.0 Å². The van der Waals surface area contributed by atoms with Crippen LogP contribution >= 0.6 is 11.8 Å². The average Bonchev–Trinajstić information content (AvgIpc) is 2.15. The molecule has 0 saturated carbocycles. The molecule has 0 aliphatic rings. The fourth-order valence-corrected chi connectivity index (χ4v) is 1.39. The first-order valence-corrected chi connectivity index (χ1v) is 5.47. The van der Waals surface area contributed by atoms with Crippen LogP contribution in [0.5, 0.6) is 0 Å².